The summed E-state index contributed by atoms with van der Waals surface area (Å²) in [6, 6.07) is 5.95. The molecule has 0 N–H and O–H groups in total. The van der Waals surface area contributed by atoms with Gasteiger partial charge in [0.15, 0.2) is 0 Å². The van der Waals surface area contributed by atoms with Crippen molar-refractivity contribution in [2.45, 2.75) is 32.0 Å². The fourth-order valence-corrected chi connectivity index (χ4v) is 2.10. The summed E-state index contributed by atoms with van der Waals surface area (Å²) in [7, 11) is 1.67. The van der Waals surface area contributed by atoms with Gasteiger partial charge in [0.05, 0.1) is 13.7 Å². The molecule has 0 aliphatic carbocycles. The number of alkyl halides is 1. The SMILES string of the molecule is CCC(CC)COc1cc(OC)ccc1CBr. The highest BCUT2D eigenvalue weighted by Gasteiger charge is 2.08. The summed E-state index contributed by atoms with van der Waals surface area (Å²) in [6.07, 6.45) is 2.31. The van der Waals surface area contributed by atoms with E-state index in [-0.39, 0.29) is 0 Å². The molecular weight excluding hydrogens is 280 g/mol. The predicted molar refractivity (Wildman–Crippen MR) is 75.2 cm³/mol. The van der Waals surface area contributed by atoms with E-state index >= 15 is 0 Å². The first kappa shape index (κ1) is 14.4. The van der Waals surface area contributed by atoms with Gasteiger partial charge in [-0.1, -0.05) is 48.7 Å². The molecule has 1 aromatic carbocycles. The maximum absolute atomic E-state index is 5.90. The van der Waals surface area contributed by atoms with Crippen LogP contribution in [0.4, 0.5) is 0 Å². The lowest BCUT2D eigenvalue weighted by Gasteiger charge is -2.16. The smallest absolute Gasteiger partial charge is 0.127 e. The van der Waals surface area contributed by atoms with Gasteiger partial charge in [-0.3, -0.25) is 0 Å². The first-order chi connectivity index (χ1) is 8.24. The zero-order valence-corrected chi connectivity index (χ0v) is 12.4. The standard InChI is InChI=1S/C14H21BrO2/c1-4-11(5-2)10-17-14-8-13(16-3)7-6-12(14)9-15/h6-8,11H,4-5,9-10H2,1-3H3. The number of methoxy groups -OCH3 is 1. The van der Waals surface area contributed by atoms with Gasteiger partial charge in [-0.15, -0.1) is 0 Å². The summed E-state index contributed by atoms with van der Waals surface area (Å²) in [5.41, 5.74) is 1.16. The molecule has 17 heavy (non-hydrogen) atoms. The predicted octanol–water partition coefficient (Wildman–Crippen LogP) is 4.41. The van der Waals surface area contributed by atoms with E-state index < -0.39 is 0 Å². The lowest BCUT2D eigenvalue weighted by atomic mass is 10.1. The molecule has 0 aliphatic heterocycles. The molecule has 0 spiro atoms. The number of halogens is 1. The van der Waals surface area contributed by atoms with Gasteiger partial charge in [-0.2, -0.15) is 0 Å². The maximum Gasteiger partial charge on any atom is 0.127 e. The van der Waals surface area contributed by atoms with E-state index in [9.17, 15) is 0 Å². The molecule has 1 aromatic rings. The van der Waals surface area contributed by atoms with Crippen LogP contribution in [0.3, 0.4) is 0 Å². The van der Waals surface area contributed by atoms with Crippen molar-refractivity contribution in [3.8, 4) is 11.5 Å². The van der Waals surface area contributed by atoms with Gasteiger partial charge < -0.3 is 9.47 Å². The number of ether oxygens (including phenoxy) is 2. The molecule has 0 amide bonds. The molecular formula is C14H21BrO2. The third kappa shape index (κ3) is 4.23. The van der Waals surface area contributed by atoms with Crippen molar-refractivity contribution in [2.24, 2.45) is 5.92 Å². The monoisotopic (exact) mass is 300 g/mol. The largest absolute Gasteiger partial charge is 0.497 e. The Bertz CT molecular complexity index is 335. The molecule has 1 rings (SSSR count). The first-order valence-corrected chi connectivity index (χ1v) is 7.22. The van der Waals surface area contributed by atoms with Crippen LogP contribution in [0.25, 0.3) is 0 Å². The van der Waals surface area contributed by atoms with E-state index in [2.05, 4.69) is 29.8 Å². The highest BCUT2D eigenvalue weighted by Crippen LogP contribution is 2.27. The fraction of sp³-hybridized carbons (Fsp3) is 0.571. The second kappa shape index (κ2) is 7.59. The Kier molecular flexibility index (Phi) is 6.41. The molecule has 3 heteroatoms. The van der Waals surface area contributed by atoms with Gasteiger partial charge in [0.25, 0.3) is 0 Å². The van der Waals surface area contributed by atoms with Crippen LogP contribution >= 0.6 is 15.9 Å². The Balaban J connectivity index is 2.73. The van der Waals surface area contributed by atoms with E-state index in [0.29, 0.717) is 5.92 Å². The lowest BCUT2D eigenvalue weighted by molar-refractivity contribution is 0.238. The zero-order valence-electron chi connectivity index (χ0n) is 10.8. The van der Waals surface area contributed by atoms with Gasteiger partial charge in [-0.05, 0) is 12.0 Å². The summed E-state index contributed by atoms with van der Waals surface area (Å²) in [5, 5.41) is 0.801. The molecule has 0 atom stereocenters. The molecule has 2 nitrogen and oxygen atoms in total. The third-order valence-corrected chi connectivity index (χ3v) is 3.65. The van der Waals surface area contributed by atoms with Crippen LogP contribution in [0.5, 0.6) is 11.5 Å². The summed E-state index contributed by atoms with van der Waals surface area (Å²) in [4.78, 5) is 0. The third-order valence-electron chi connectivity index (χ3n) is 3.05. The van der Waals surface area contributed by atoms with Gasteiger partial charge in [0.2, 0.25) is 0 Å². The van der Waals surface area contributed by atoms with Gasteiger partial charge in [-0.25, -0.2) is 0 Å². The van der Waals surface area contributed by atoms with Crippen molar-refractivity contribution in [3.05, 3.63) is 23.8 Å². The second-order valence-electron chi connectivity index (χ2n) is 4.10. The Hall–Kier alpha value is -0.700. The Morgan fingerprint density at radius 3 is 2.47 bits per heavy atom. The van der Waals surface area contributed by atoms with Gasteiger partial charge in [0, 0.05) is 17.0 Å². The van der Waals surface area contributed by atoms with Crippen LogP contribution in [-0.2, 0) is 5.33 Å². The summed E-state index contributed by atoms with van der Waals surface area (Å²) >= 11 is 3.48. The normalized spacial score (nSPS) is 10.6. The van der Waals surface area contributed by atoms with Crippen LogP contribution in [0.2, 0.25) is 0 Å². The molecule has 0 bridgehead atoms. The number of hydrogen-bond donors (Lipinski definition) is 0. The van der Waals surface area contributed by atoms with E-state index in [1.807, 2.05) is 18.2 Å². The minimum Gasteiger partial charge on any atom is -0.497 e. The molecule has 0 radical (unpaired) electrons. The highest BCUT2D eigenvalue weighted by molar-refractivity contribution is 9.08. The summed E-state index contributed by atoms with van der Waals surface area (Å²) in [5.74, 6) is 2.40. The van der Waals surface area contributed by atoms with Crippen molar-refractivity contribution in [3.63, 3.8) is 0 Å². The molecule has 96 valence electrons. The Morgan fingerprint density at radius 1 is 1.24 bits per heavy atom. The van der Waals surface area contributed by atoms with Crippen LogP contribution in [0.1, 0.15) is 32.3 Å². The van der Waals surface area contributed by atoms with E-state index in [1.165, 1.54) is 0 Å². The number of hydrogen-bond acceptors (Lipinski definition) is 2. The average molecular weight is 301 g/mol. The van der Waals surface area contributed by atoms with Crippen LogP contribution in [0, 0.1) is 5.92 Å². The van der Waals surface area contributed by atoms with E-state index in [1.54, 1.807) is 7.11 Å². The van der Waals surface area contributed by atoms with Gasteiger partial charge in [0.1, 0.15) is 11.5 Å². The summed E-state index contributed by atoms with van der Waals surface area (Å²) < 4.78 is 11.1. The van der Waals surface area contributed by atoms with Crippen molar-refractivity contribution in [1.82, 2.24) is 0 Å². The Labute approximate surface area is 112 Å². The molecule has 0 fully saturated rings. The van der Waals surface area contributed by atoms with Gasteiger partial charge >= 0.3 is 0 Å². The molecule has 0 heterocycles. The first-order valence-electron chi connectivity index (χ1n) is 6.10. The number of benzene rings is 1. The lowest BCUT2D eigenvalue weighted by Crippen LogP contribution is -2.11. The second-order valence-corrected chi connectivity index (χ2v) is 4.66. The van der Waals surface area contributed by atoms with Crippen molar-refractivity contribution < 1.29 is 9.47 Å². The molecule has 0 aromatic heterocycles. The Morgan fingerprint density at radius 2 is 1.94 bits per heavy atom. The maximum atomic E-state index is 5.90. The molecule has 0 aliphatic rings. The van der Waals surface area contributed by atoms with Crippen LogP contribution < -0.4 is 9.47 Å². The zero-order chi connectivity index (χ0) is 12.7. The van der Waals surface area contributed by atoms with Crippen LogP contribution in [-0.4, -0.2) is 13.7 Å². The summed E-state index contributed by atoms with van der Waals surface area (Å²) in [6.45, 7) is 5.18. The highest BCUT2D eigenvalue weighted by atomic mass is 79.9. The number of rotatable bonds is 7. The molecule has 0 saturated heterocycles. The van der Waals surface area contributed by atoms with Crippen molar-refractivity contribution in [1.29, 1.82) is 0 Å². The van der Waals surface area contributed by atoms with E-state index in [0.717, 1.165) is 41.8 Å². The van der Waals surface area contributed by atoms with Crippen LogP contribution in [0.15, 0.2) is 18.2 Å². The molecule has 0 saturated carbocycles. The topological polar surface area (TPSA) is 18.5 Å². The van der Waals surface area contributed by atoms with E-state index in [4.69, 9.17) is 9.47 Å². The minimum atomic E-state index is 0.629. The minimum absolute atomic E-state index is 0.629. The average Bonchev–Trinajstić information content (AvgIpc) is 2.39. The van der Waals surface area contributed by atoms with Crippen molar-refractivity contribution >= 4 is 15.9 Å². The van der Waals surface area contributed by atoms with Crippen molar-refractivity contribution in [2.75, 3.05) is 13.7 Å². The fourth-order valence-electron chi connectivity index (χ4n) is 1.64. The molecule has 0 unspecified atom stereocenters. The quantitative estimate of drug-likeness (QED) is 0.695.